The van der Waals surface area contributed by atoms with E-state index in [4.69, 9.17) is 11.6 Å². The van der Waals surface area contributed by atoms with Crippen molar-refractivity contribution >= 4 is 22.8 Å². The van der Waals surface area contributed by atoms with Crippen LogP contribution in [0, 0.1) is 12.7 Å². The second kappa shape index (κ2) is 9.05. The molecule has 0 bridgehead atoms. The topological polar surface area (TPSA) is 122 Å². The molecular formula is C26H25ClFN5O4. The van der Waals surface area contributed by atoms with E-state index in [1.54, 1.807) is 19.2 Å². The number of phenolic OH excluding ortho intramolecular Hbond substituents is 1. The highest BCUT2D eigenvalue weighted by Crippen LogP contribution is 2.37. The number of aryl methyl sites for hydroxylation is 1. The number of hydrogen-bond donors (Lipinski definition) is 3. The Bertz CT molecular complexity index is 1660. The van der Waals surface area contributed by atoms with Gasteiger partial charge in [-0.05, 0) is 42.7 Å². The third-order valence-corrected chi connectivity index (χ3v) is 6.87. The molecule has 192 valence electrons. The molecule has 1 saturated heterocycles. The molecule has 9 nitrogen and oxygen atoms in total. The maximum Gasteiger partial charge on any atom is 0.322 e. The first kappa shape index (κ1) is 25.1. The van der Waals surface area contributed by atoms with E-state index in [0.29, 0.717) is 16.9 Å². The number of aromatic hydroxyl groups is 1. The summed E-state index contributed by atoms with van der Waals surface area (Å²) in [4.78, 5) is 36.2. The maximum atomic E-state index is 14.8. The van der Waals surface area contributed by atoms with Crippen LogP contribution in [-0.2, 0) is 6.54 Å². The third-order valence-electron chi connectivity index (χ3n) is 6.58. The van der Waals surface area contributed by atoms with Crippen molar-refractivity contribution in [3.8, 4) is 22.7 Å². The number of β-amino-alcohol motifs (C(OH)–C–C–N with tert-alkyl or cyclic N) is 1. The Hall–Kier alpha value is -3.60. The Kier molecular flexibility index (Phi) is 6.13. The molecule has 0 spiro atoms. The minimum Gasteiger partial charge on any atom is -0.507 e. The molecule has 1 aliphatic heterocycles. The van der Waals surface area contributed by atoms with E-state index in [2.05, 4.69) is 15.3 Å². The number of nitrogens with zero attached hydrogens (tertiary/aromatic N) is 4. The van der Waals surface area contributed by atoms with E-state index in [9.17, 15) is 24.2 Å². The quantitative estimate of drug-likeness (QED) is 0.342. The highest BCUT2D eigenvalue weighted by atomic mass is 35.5. The number of nitrogens with one attached hydrogen (secondary N) is 1. The van der Waals surface area contributed by atoms with Crippen LogP contribution in [0.5, 0.6) is 5.75 Å². The largest absolute Gasteiger partial charge is 0.507 e. The van der Waals surface area contributed by atoms with Crippen molar-refractivity contribution in [1.29, 1.82) is 0 Å². The first-order valence-electron chi connectivity index (χ1n) is 11.8. The number of rotatable bonds is 5. The van der Waals surface area contributed by atoms with Crippen molar-refractivity contribution in [3.63, 3.8) is 0 Å². The molecule has 1 fully saturated rings. The summed E-state index contributed by atoms with van der Waals surface area (Å²) in [7, 11) is 0. The lowest BCUT2D eigenvalue weighted by Gasteiger charge is -2.38. The van der Waals surface area contributed by atoms with E-state index in [1.807, 2.05) is 13.8 Å². The van der Waals surface area contributed by atoms with Crippen LogP contribution in [0.1, 0.15) is 31.0 Å². The molecule has 0 amide bonds. The van der Waals surface area contributed by atoms with Gasteiger partial charge in [0.15, 0.2) is 5.65 Å². The Morgan fingerprint density at radius 2 is 1.95 bits per heavy atom. The number of hydrogen-bond acceptors (Lipinski definition) is 7. The molecule has 3 aromatic heterocycles. The molecule has 4 heterocycles. The van der Waals surface area contributed by atoms with Crippen molar-refractivity contribution in [1.82, 2.24) is 24.4 Å². The normalized spacial score (nSPS) is 14.8. The fourth-order valence-electron chi connectivity index (χ4n) is 4.64. The van der Waals surface area contributed by atoms with Gasteiger partial charge in [-0.15, -0.1) is 0 Å². The van der Waals surface area contributed by atoms with Crippen LogP contribution in [0.2, 0.25) is 5.02 Å². The van der Waals surface area contributed by atoms with Crippen LogP contribution >= 0.6 is 11.6 Å². The minimum absolute atomic E-state index is 0.0144. The van der Waals surface area contributed by atoms with Crippen molar-refractivity contribution < 1.29 is 14.6 Å². The average Bonchev–Trinajstić information content (AvgIpc) is 2.82. The van der Waals surface area contributed by atoms with Crippen LogP contribution in [0.4, 0.5) is 4.39 Å². The van der Waals surface area contributed by atoms with Crippen LogP contribution in [-0.4, -0.2) is 48.0 Å². The number of phenols is 1. The van der Waals surface area contributed by atoms with Crippen molar-refractivity contribution in [2.45, 2.75) is 38.8 Å². The van der Waals surface area contributed by atoms with E-state index in [0.717, 1.165) is 10.6 Å². The van der Waals surface area contributed by atoms with Gasteiger partial charge in [0.25, 0.3) is 0 Å². The van der Waals surface area contributed by atoms with Gasteiger partial charge in [-0.25, -0.2) is 9.37 Å². The lowest BCUT2D eigenvalue weighted by molar-refractivity contribution is -0.0244. The van der Waals surface area contributed by atoms with Crippen LogP contribution in [0.15, 0.2) is 46.1 Å². The van der Waals surface area contributed by atoms with Gasteiger partial charge in [-0.3, -0.25) is 23.7 Å². The lowest BCUT2D eigenvalue weighted by atomic mass is 9.97. The summed E-state index contributed by atoms with van der Waals surface area (Å²) in [6.07, 6.45) is 1.62. The van der Waals surface area contributed by atoms with Crippen LogP contribution in [0.3, 0.4) is 0 Å². The predicted molar refractivity (Wildman–Crippen MR) is 138 cm³/mol. The molecule has 0 radical (unpaired) electrons. The molecule has 5 rings (SSSR count). The van der Waals surface area contributed by atoms with Gasteiger partial charge in [0.1, 0.15) is 17.2 Å². The number of aliphatic hydroxyl groups is 1. The van der Waals surface area contributed by atoms with Gasteiger partial charge >= 0.3 is 11.1 Å². The van der Waals surface area contributed by atoms with Gasteiger partial charge in [-0.1, -0.05) is 31.5 Å². The van der Waals surface area contributed by atoms with E-state index in [1.165, 1.54) is 22.8 Å². The number of aromatic nitrogens is 4. The Morgan fingerprint density at radius 3 is 2.57 bits per heavy atom. The Balaban J connectivity index is 1.95. The number of halogens is 2. The summed E-state index contributed by atoms with van der Waals surface area (Å²) in [5.41, 5.74) is -1.53. The van der Waals surface area contributed by atoms with Crippen molar-refractivity contribution in [2.75, 3.05) is 13.1 Å². The average molecular weight is 526 g/mol. The SMILES string of the molecule is Cc1ccnc(C(C)C)c1-n1c(=O)c(=O)n(CC2(O)CNC2)c2cc(Cl)c(-c3c(O)cccc3F)nc21. The number of pyridine rings is 2. The molecule has 4 aromatic rings. The zero-order valence-corrected chi connectivity index (χ0v) is 21.2. The smallest absolute Gasteiger partial charge is 0.322 e. The second-order valence-electron chi connectivity index (χ2n) is 9.67. The molecule has 11 heteroatoms. The molecule has 1 aliphatic rings. The zero-order chi connectivity index (χ0) is 26.6. The fraction of sp³-hybridized carbons (Fsp3) is 0.308. The standard InChI is InChI=1S/C26H25ClFN5O4/c1-13(2)20-22(14(3)7-8-30-20)33-23-17(32(24(35)25(33)36)12-26(37)10-29-11-26)9-15(27)21(31-23)19-16(28)5-4-6-18(19)34/h4-9,13,29,34,37H,10-12H2,1-3H3. The van der Waals surface area contributed by atoms with Crippen LogP contribution in [0.25, 0.3) is 28.1 Å². The molecule has 0 aliphatic carbocycles. The van der Waals surface area contributed by atoms with Gasteiger partial charge in [0, 0.05) is 19.3 Å². The minimum atomic E-state index is -1.24. The highest BCUT2D eigenvalue weighted by Gasteiger charge is 2.36. The molecule has 37 heavy (non-hydrogen) atoms. The van der Waals surface area contributed by atoms with Gasteiger partial charge < -0.3 is 15.5 Å². The second-order valence-corrected chi connectivity index (χ2v) is 10.1. The summed E-state index contributed by atoms with van der Waals surface area (Å²) < 4.78 is 17.2. The Morgan fingerprint density at radius 1 is 1.22 bits per heavy atom. The monoisotopic (exact) mass is 525 g/mol. The summed E-state index contributed by atoms with van der Waals surface area (Å²) in [5, 5.41) is 24.1. The number of fused-ring (bicyclic) bond motifs is 1. The molecule has 3 N–H and O–H groups in total. The molecule has 0 atom stereocenters. The van der Waals surface area contributed by atoms with Crippen molar-refractivity contribution in [2.24, 2.45) is 0 Å². The van der Waals surface area contributed by atoms with E-state index >= 15 is 0 Å². The van der Waals surface area contributed by atoms with Crippen LogP contribution < -0.4 is 16.4 Å². The summed E-state index contributed by atoms with van der Waals surface area (Å²) >= 11 is 6.55. The molecule has 1 aromatic carbocycles. The summed E-state index contributed by atoms with van der Waals surface area (Å²) in [5.74, 6) is -1.25. The third kappa shape index (κ3) is 4.11. The first-order valence-corrected chi connectivity index (χ1v) is 12.1. The first-order chi connectivity index (χ1) is 17.5. The van der Waals surface area contributed by atoms with Crippen molar-refractivity contribution in [3.05, 3.63) is 79.3 Å². The van der Waals surface area contributed by atoms with E-state index < -0.39 is 22.5 Å². The summed E-state index contributed by atoms with van der Waals surface area (Å²) in [6, 6.07) is 6.92. The van der Waals surface area contributed by atoms with Gasteiger partial charge in [0.05, 0.1) is 39.7 Å². The molecule has 0 saturated carbocycles. The van der Waals surface area contributed by atoms with Gasteiger partial charge in [0.2, 0.25) is 0 Å². The highest BCUT2D eigenvalue weighted by molar-refractivity contribution is 6.33. The lowest BCUT2D eigenvalue weighted by Crippen LogP contribution is -2.63. The fourth-order valence-corrected chi connectivity index (χ4v) is 4.88. The molecule has 0 unspecified atom stereocenters. The number of benzene rings is 1. The Labute approximate surface area is 215 Å². The van der Waals surface area contributed by atoms with Gasteiger partial charge in [-0.2, -0.15) is 0 Å². The predicted octanol–water partition coefficient (Wildman–Crippen LogP) is 2.87. The molecular weight excluding hydrogens is 501 g/mol. The van der Waals surface area contributed by atoms with E-state index in [-0.39, 0.29) is 58.7 Å². The summed E-state index contributed by atoms with van der Waals surface area (Å²) in [6.45, 7) is 5.92. The maximum absolute atomic E-state index is 14.8. The zero-order valence-electron chi connectivity index (χ0n) is 20.4.